The van der Waals surface area contributed by atoms with Crippen molar-refractivity contribution in [3.05, 3.63) is 24.3 Å². The fraction of sp³-hybridized carbons (Fsp3) is 0.500. The number of aliphatic imine (C=N–C) groups is 1. The number of benzene rings is 1. The number of sulfonamides is 1. The van der Waals surface area contributed by atoms with E-state index in [9.17, 15) is 17.2 Å². The topological polar surface area (TPSA) is 71.0 Å². The van der Waals surface area contributed by atoms with Gasteiger partial charge in [0.25, 0.3) is 10.0 Å². The van der Waals surface area contributed by atoms with Gasteiger partial charge in [0.05, 0.1) is 18.0 Å². The number of alkyl halides is 2. The summed E-state index contributed by atoms with van der Waals surface area (Å²) in [5, 5.41) is 2.97. The van der Waals surface area contributed by atoms with Gasteiger partial charge in [-0.1, -0.05) is 6.92 Å². The number of hydrogen-bond acceptors (Lipinski definition) is 5. The standard InChI is InChI=1S/C14H19F2N3O3S/c1-3-8-17-13-18-9-10-19(13)23(20,21)12-6-4-11(5-7-12)22-14(2,15)16/h4-7H,3,8-10H2,1-2H3,(H,17,18). The van der Waals surface area contributed by atoms with Crippen molar-refractivity contribution in [2.75, 3.05) is 19.6 Å². The Kier molecular flexibility index (Phi) is 5.08. The summed E-state index contributed by atoms with van der Waals surface area (Å²) in [5.74, 6) is 0.211. The number of rotatable bonds is 6. The van der Waals surface area contributed by atoms with E-state index < -0.39 is 16.1 Å². The van der Waals surface area contributed by atoms with Crippen molar-refractivity contribution in [3.8, 4) is 5.75 Å². The van der Waals surface area contributed by atoms with Crippen molar-refractivity contribution in [3.63, 3.8) is 0 Å². The van der Waals surface area contributed by atoms with E-state index in [1.165, 1.54) is 28.6 Å². The van der Waals surface area contributed by atoms with E-state index in [-0.39, 0.29) is 17.2 Å². The van der Waals surface area contributed by atoms with Gasteiger partial charge in [0, 0.05) is 13.5 Å². The summed E-state index contributed by atoms with van der Waals surface area (Å²) in [7, 11) is -3.78. The van der Waals surface area contributed by atoms with Gasteiger partial charge in [-0.15, -0.1) is 0 Å². The lowest BCUT2D eigenvalue weighted by molar-refractivity contribution is -0.158. The smallest absolute Gasteiger partial charge is 0.394 e. The van der Waals surface area contributed by atoms with E-state index in [1.54, 1.807) is 0 Å². The molecule has 23 heavy (non-hydrogen) atoms. The Bertz CT molecular complexity index is 670. The molecule has 1 N–H and O–H groups in total. The van der Waals surface area contributed by atoms with Gasteiger partial charge in [-0.05, 0) is 30.7 Å². The van der Waals surface area contributed by atoms with Gasteiger partial charge in [-0.3, -0.25) is 4.99 Å². The van der Waals surface area contributed by atoms with Crippen LogP contribution in [0, 0.1) is 0 Å². The lowest BCUT2D eigenvalue weighted by atomic mass is 10.3. The van der Waals surface area contributed by atoms with Gasteiger partial charge in [0.2, 0.25) is 5.96 Å². The van der Waals surface area contributed by atoms with Crippen molar-refractivity contribution < 1.29 is 21.9 Å². The monoisotopic (exact) mass is 347 g/mol. The molecule has 0 saturated carbocycles. The quantitative estimate of drug-likeness (QED) is 0.855. The van der Waals surface area contributed by atoms with Gasteiger partial charge in [-0.2, -0.15) is 8.78 Å². The molecule has 0 aromatic heterocycles. The van der Waals surface area contributed by atoms with E-state index in [0.29, 0.717) is 26.0 Å². The first-order valence-corrected chi connectivity index (χ1v) is 8.66. The second-order valence-corrected chi connectivity index (χ2v) is 6.95. The summed E-state index contributed by atoms with van der Waals surface area (Å²) in [4.78, 5) is 4.14. The third-order valence-electron chi connectivity index (χ3n) is 3.04. The third-order valence-corrected chi connectivity index (χ3v) is 4.85. The van der Waals surface area contributed by atoms with Crippen LogP contribution in [0.2, 0.25) is 0 Å². The Morgan fingerprint density at radius 1 is 1.35 bits per heavy atom. The molecule has 0 aliphatic carbocycles. The van der Waals surface area contributed by atoms with Gasteiger partial charge in [-0.25, -0.2) is 12.7 Å². The molecule has 0 amide bonds. The summed E-state index contributed by atoms with van der Waals surface area (Å²) >= 11 is 0. The minimum Gasteiger partial charge on any atom is -0.433 e. The Balaban J connectivity index is 2.18. The van der Waals surface area contributed by atoms with Crippen LogP contribution in [0.3, 0.4) is 0 Å². The zero-order valence-electron chi connectivity index (χ0n) is 12.9. The van der Waals surface area contributed by atoms with Crippen LogP contribution in [-0.4, -0.2) is 44.4 Å². The molecule has 0 saturated heterocycles. The summed E-state index contributed by atoms with van der Waals surface area (Å²) in [5.41, 5.74) is 0. The van der Waals surface area contributed by atoms with Crippen LogP contribution in [0.15, 0.2) is 34.2 Å². The highest BCUT2D eigenvalue weighted by atomic mass is 32.2. The lowest BCUT2D eigenvalue weighted by Crippen LogP contribution is -2.42. The molecule has 0 fully saturated rings. The van der Waals surface area contributed by atoms with Crippen molar-refractivity contribution in [2.45, 2.75) is 31.3 Å². The lowest BCUT2D eigenvalue weighted by Gasteiger charge is -2.21. The molecular formula is C14H19F2N3O3S. The molecule has 9 heteroatoms. The highest BCUT2D eigenvalue weighted by Gasteiger charge is 2.31. The zero-order chi connectivity index (χ0) is 17.1. The first-order chi connectivity index (χ1) is 10.7. The largest absolute Gasteiger partial charge is 0.433 e. The number of hydrogen-bond donors (Lipinski definition) is 1. The molecule has 1 aromatic carbocycles. The fourth-order valence-corrected chi connectivity index (χ4v) is 3.47. The summed E-state index contributed by atoms with van der Waals surface area (Å²) in [6.45, 7) is 3.82. The summed E-state index contributed by atoms with van der Waals surface area (Å²) in [6, 6.07) is 4.89. The molecule has 2 rings (SSSR count). The molecule has 0 bridgehead atoms. The van der Waals surface area contributed by atoms with Crippen LogP contribution in [0.5, 0.6) is 5.75 Å². The summed E-state index contributed by atoms with van der Waals surface area (Å²) in [6.07, 6.45) is -2.48. The van der Waals surface area contributed by atoms with Gasteiger partial charge in [0.1, 0.15) is 5.75 Å². The molecule has 0 radical (unpaired) electrons. The van der Waals surface area contributed by atoms with E-state index in [1.807, 2.05) is 6.92 Å². The maximum Gasteiger partial charge on any atom is 0.394 e. The number of halogens is 2. The number of ether oxygens (including phenoxy) is 1. The van der Waals surface area contributed by atoms with Crippen molar-refractivity contribution in [1.82, 2.24) is 9.62 Å². The highest BCUT2D eigenvalue weighted by molar-refractivity contribution is 7.89. The van der Waals surface area contributed by atoms with Crippen LogP contribution in [0.25, 0.3) is 0 Å². The minimum absolute atomic E-state index is 0.00262. The van der Waals surface area contributed by atoms with Crippen molar-refractivity contribution >= 4 is 16.0 Å². The van der Waals surface area contributed by atoms with Crippen LogP contribution in [0.1, 0.15) is 20.3 Å². The first-order valence-electron chi connectivity index (χ1n) is 7.22. The molecule has 0 atom stereocenters. The second kappa shape index (κ2) is 6.69. The van der Waals surface area contributed by atoms with Gasteiger partial charge < -0.3 is 10.1 Å². The summed E-state index contributed by atoms with van der Waals surface area (Å²) < 4.78 is 56.4. The number of nitrogens with zero attached hydrogens (tertiary/aromatic N) is 2. The second-order valence-electron chi connectivity index (χ2n) is 5.09. The normalized spacial score (nSPS) is 15.5. The van der Waals surface area contributed by atoms with Crippen LogP contribution < -0.4 is 10.1 Å². The average molecular weight is 347 g/mol. The third kappa shape index (κ3) is 4.31. The molecular weight excluding hydrogens is 328 g/mol. The Labute approximate surface area is 134 Å². The SMILES string of the molecule is CCCNC1=NCCN1S(=O)(=O)c1ccc(OC(C)(F)F)cc1. The molecule has 0 unspecified atom stereocenters. The van der Waals surface area contributed by atoms with E-state index in [2.05, 4.69) is 15.0 Å². The molecule has 1 heterocycles. The maximum absolute atomic E-state index is 12.8. The van der Waals surface area contributed by atoms with E-state index in [4.69, 9.17) is 0 Å². The van der Waals surface area contributed by atoms with Gasteiger partial charge in [0.15, 0.2) is 0 Å². The first kappa shape index (κ1) is 17.5. The predicted octanol–water partition coefficient (Wildman–Crippen LogP) is 2.04. The minimum atomic E-state index is -3.78. The molecule has 128 valence electrons. The molecule has 1 aliphatic heterocycles. The Morgan fingerprint density at radius 2 is 2.00 bits per heavy atom. The molecule has 1 aliphatic rings. The molecule has 0 spiro atoms. The van der Waals surface area contributed by atoms with Gasteiger partial charge >= 0.3 is 6.11 Å². The van der Waals surface area contributed by atoms with Crippen molar-refractivity contribution in [1.29, 1.82) is 0 Å². The van der Waals surface area contributed by atoms with Crippen LogP contribution in [-0.2, 0) is 10.0 Å². The molecule has 1 aromatic rings. The zero-order valence-corrected chi connectivity index (χ0v) is 13.7. The Hall–Kier alpha value is -1.90. The van der Waals surface area contributed by atoms with Crippen LogP contribution >= 0.6 is 0 Å². The molecule has 6 nitrogen and oxygen atoms in total. The van der Waals surface area contributed by atoms with E-state index in [0.717, 1.165) is 6.42 Å². The van der Waals surface area contributed by atoms with Crippen LogP contribution in [0.4, 0.5) is 8.78 Å². The number of guanidine groups is 1. The number of nitrogens with one attached hydrogen (secondary N) is 1. The van der Waals surface area contributed by atoms with Crippen molar-refractivity contribution in [2.24, 2.45) is 4.99 Å². The van der Waals surface area contributed by atoms with E-state index >= 15 is 0 Å². The average Bonchev–Trinajstić information content (AvgIpc) is 2.93. The Morgan fingerprint density at radius 3 is 2.57 bits per heavy atom. The highest BCUT2D eigenvalue weighted by Crippen LogP contribution is 2.24. The predicted molar refractivity (Wildman–Crippen MR) is 82.2 cm³/mol. The maximum atomic E-state index is 12.8. The fourth-order valence-electron chi connectivity index (χ4n) is 2.06.